The molecule has 5 rings (SSSR count). The molecule has 5 N–H and O–H groups in total. The zero-order valence-corrected chi connectivity index (χ0v) is 36.7. The van der Waals surface area contributed by atoms with Gasteiger partial charge in [0.2, 0.25) is 0 Å². The fourth-order valence-corrected chi connectivity index (χ4v) is 8.47. The zero-order valence-electron chi connectivity index (χ0n) is 36.7. The first-order valence-electron chi connectivity index (χ1n) is 21.7. The summed E-state index contributed by atoms with van der Waals surface area (Å²) in [5, 5.41) is 56.6. The molecule has 0 unspecified atom stereocenters. The van der Waals surface area contributed by atoms with Gasteiger partial charge in [0.05, 0.1) is 56.2 Å². The number of ether oxygens (including phenoxy) is 3. The lowest BCUT2D eigenvalue weighted by molar-refractivity contribution is -0.304. The highest BCUT2D eigenvalue weighted by Gasteiger charge is 2.47. The molecule has 14 heteroatoms. The number of nitrogens with zero attached hydrogens (tertiary/aromatic N) is 4. The summed E-state index contributed by atoms with van der Waals surface area (Å²) in [5.74, 6) is -2.72. The van der Waals surface area contributed by atoms with E-state index in [0.717, 1.165) is 28.0 Å². The van der Waals surface area contributed by atoms with E-state index in [1.54, 1.807) is 49.7 Å². The molecule has 1 fully saturated rings. The van der Waals surface area contributed by atoms with Crippen LogP contribution in [0.1, 0.15) is 60.3 Å². The Morgan fingerprint density at radius 2 is 1.62 bits per heavy atom. The molecule has 0 spiro atoms. The smallest absolute Gasteiger partial charge is 0.308 e. The Balaban J connectivity index is 1.35. The number of likely N-dealkylation sites (N-methyl/N-ethyl adjacent to an activating group) is 1. The van der Waals surface area contributed by atoms with Gasteiger partial charge in [-0.05, 0) is 76.9 Å². The number of allylic oxidation sites excluding steroid dienone is 3. The maximum Gasteiger partial charge on any atom is 0.308 e. The minimum absolute atomic E-state index is 0.0983. The second-order valence-electron chi connectivity index (χ2n) is 17.1. The van der Waals surface area contributed by atoms with Gasteiger partial charge < -0.3 is 44.9 Å². The SMILES string of the molecule is CC[C@H]1OC(=O)C[C@@H](O)[C@H](C)[C@@H](O[C@@H]2O[C@H](C)[C@@H](O)[C@H](N(C)C)[C@H]2O)[C@@H](CCNCCn2cc(-c3ccc(-c4ccccc4)cc3)nn2)C[C@@H](C)C(=O)/C=C/C(C)=C/[C@@H]1CO. The first-order chi connectivity index (χ1) is 29.2. The maximum absolute atomic E-state index is 13.7. The molecule has 61 heavy (non-hydrogen) atoms. The van der Waals surface area contributed by atoms with Crippen molar-refractivity contribution >= 4 is 11.8 Å². The predicted molar refractivity (Wildman–Crippen MR) is 233 cm³/mol. The van der Waals surface area contributed by atoms with E-state index in [0.29, 0.717) is 38.9 Å². The monoisotopic (exact) mass is 845 g/mol. The highest BCUT2D eigenvalue weighted by atomic mass is 16.7. The number of benzene rings is 2. The number of aromatic nitrogens is 3. The lowest BCUT2D eigenvalue weighted by atomic mass is 9.79. The average molecular weight is 846 g/mol. The predicted octanol–water partition coefficient (Wildman–Crippen LogP) is 4.42. The van der Waals surface area contributed by atoms with Gasteiger partial charge in [-0.2, -0.15) is 0 Å². The first-order valence-corrected chi connectivity index (χ1v) is 21.7. The molecular formula is C47H67N5O9. The Labute approximate surface area is 360 Å². The minimum atomic E-state index is -1.25. The molecule has 3 heterocycles. The normalized spacial score (nSPS) is 32.3. The molecule has 334 valence electrons. The second-order valence-corrected chi connectivity index (χ2v) is 17.1. The molecule has 0 saturated carbocycles. The van der Waals surface area contributed by atoms with Gasteiger partial charge in [-0.15, -0.1) is 5.10 Å². The maximum atomic E-state index is 13.7. The molecule has 14 nitrogen and oxygen atoms in total. The number of ketones is 1. The highest BCUT2D eigenvalue weighted by molar-refractivity contribution is 5.91. The van der Waals surface area contributed by atoms with Crippen LogP contribution in [0.5, 0.6) is 0 Å². The Kier molecular flexibility index (Phi) is 17.9. The van der Waals surface area contributed by atoms with Crippen molar-refractivity contribution in [3.8, 4) is 22.4 Å². The number of carbonyl (C=O) groups is 2. The van der Waals surface area contributed by atoms with Crippen LogP contribution in [-0.4, -0.2) is 135 Å². The van der Waals surface area contributed by atoms with E-state index in [9.17, 15) is 30.0 Å². The van der Waals surface area contributed by atoms with Gasteiger partial charge in [0.15, 0.2) is 12.1 Å². The first kappa shape index (κ1) is 47.9. The van der Waals surface area contributed by atoms with Crippen LogP contribution < -0.4 is 5.32 Å². The third kappa shape index (κ3) is 13.0. The summed E-state index contributed by atoms with van der Waals surface area (Å²) in [6.45, 7) is 10.4. The van der Waals surface area contributed by atoms with Crippen molar-refractivity contribution in [3.63, 3.8) is 0 Å². The molecule has 2 aliphatic rings. The van der Waals surface area contributed by atoms with Gasteiger partial charge in [-0.25, -0.2) is 0 Å². The van der Waals surface area contributed by atoms with Crippen LogP contribution >= 0.6 is 0 Å². The van der Waals surface area contributed by atoms with Crippen LogP contribution in [0.4, 0.5) is 0 Å². The molecule has 2 aliphatic heterocycles. The van der Waals surface area contributed by atoms with E-state index in [1.165, 1.54) is 6.08 Å². The van der Waals surface area contributed by atoms with Gasteiger partial charge in [-0.3, -0.25) is 14.3 Å². The summed E-state index contributed by atoms with van der Waals surface area (Å²) in [4.78, 5) is 28.8. The van der Waals surface area contributed by atoms with Crippen LogP contribution in [0.25, 0.3) is 22.4 Å². The van der Waals surface area contributed by atoms with Crippen molar-refractivity contribution in [3.05, 3.63) is 84.6 Å². The lowest BCUT2D eigenvalue weighted by Crippen LogP contribution is -2.63. The fraction of sp³-hybridized carbons (Fsp3) is 0.574. The standard InChI is InChI=1S/C47H67N5O9/c1-8-41-37(28-53)24-29(2)14-19-39(54)30(3)25-36(46(31(4)40(55)26-42(56)60-41)61-47-45(58)43(51(6)7)44(57)32(5)59-47)20-21-48-22-23-52-27-38(49-50-52)35-17-15-34(16-18-35)33-12-10-9-11-13-33/h9-19,24,27,30-32,36-37,40-41,43-48,53,55,57-58H,8,20-23,25-26,28H2,1-7H3/b19-14+,29-24+/t30-,31+,32-,36+,37-,40-,41-,43+,44-,45-,46-,47+/m1/s1. The average Bonchev–Trinajstić information content (AvgIpc) is 3.73. The summed E-state index contributed by atoms with van der Waals surface area (Å²) in [5.41, 5.74) is 4.74. The van der Waals surface area contributed by atoms with Crippen molar-refractivity contribution in [2.45, 2.75) is 116 Å². The Morgan fingerprint density at radius 3 is 2.30 bits per heavy atom. The largest absolute Gasteiger partial charge is 0.462 e. The summed E-state index contributed by atoms with van der Waals surface area (Å²) in [7, 11) is 3.52. The molecule has 1 saturated heterocycles. The van der Waals surface area contributed by atoms with Gasteiger partial charge in [-0.1, -0.05) is 98.3 Å². The number of aliphatic hydroxyl groups excluding tert-OH is 4. The summed E-state index contributed by atoms with van der Waals surface area (Å²) < 4.78 is 20.4. The fourth-order valence-electron chi connectivity index (χ4n) is 8.47. The highest BCUT2D eigenvalue weighted by Crippen LogP contribution is 2.35. The quantitative estimate of drug-likeness (QED) is 0.120. The van der Waals surface area contributed by atoms with Crippen molar-refractivity contribution in [1.82, 2.24) is 25.2 Å². The minimum Gasteiger partial charge on any atom is -0.462 e. The Bertz CT molecular complexity index is 1890. The Hall–Kier alpha value is -4.12. The van der Waals surface area contributed by atoms with E-state index in [1.807, 2.05) is 57.3 Å². The van der Waals surface area contributed by atoms with E-state index < -0.39 is 72.7 Å². The molecule has 0 radical (unpaired) electrons. The van der Waals surface area contributed by atoms with Crippen LogP contribution in [0, 0.1) is 23.7 Å². The third-order valence-electron chi connectivity index (χ3n) is 12.2. The number of nitrogens with one attached hydrogen (secondary N) is 1. The molecule has 12 atom stereocenters. The third-order valence-corrected chi connectivity index (χ3v) is 12.2. The number of rotatable bonds is 13. The number of esters is 1. The number of hydrogen-bond donors (Lipinski definition) is 5. The summed E-state index contributed by atoms with van der Waals surface area (Å²) in [6.07, 6.45) is 1.18. The zero-order chi connectivity index (χ0) is 44.2. The van der Waals surface area contributed by atoms with Crippen LogP contribution in [0.3, 0.4) is 0 Å². The van der Waals surface area contributed by atoms with Crippen LogP contribution in [0.2, 0.25) is 0 Å². The number of carbonyl (C=O) groups excluding carboxylic acids is 2. The molecule has 1 aromatic heterocycles. The summed E-state index contributed by atoms with van der Waals surface area (Å²) in [6, 6.07) is 17.7. The van der Waals surface area contributed by atoms with E-state index in [4.69, 9.17) is 14.2 Å². The summed E-state index contributed by atoms with van der Waals surface area (Å²) >= 11 is 0. The molecule has 3 aromatic rings. The second kappa shape index (κ2) is 22.8. The van der Waals surface area contributed by atoms with E-state index >= 15 is 0 Å². The van der Waals surface area contributed by atoms with Crippen LogP contribution in [0.15, 0.2) is 84.6 Å². The van der Waals surface area contributed by atoms with Crippen molar-refractivity contribution in [1.29, 1.82) is 0 Å². The van der Waals surface area contributed by atoms with Crippen LogP contribution in [-0.2, 0) is 30.3 Å². The number of hydrogen-bond acceptors (Lipinski definition) is 13. The topological polar surface area (TPSA) is 189 Å². The Morgan fingerprint density at radius 1 is 0.934 bits per heavy atom. The van der Waals surface area contributed by atoms with Gasteiger partial charge >= 0.3 is 5.97 Å². The molecule has 2 aromatic carbocycles. The van der Waals surface area contributed by atoms with Crippen molar-refractivity contribution in [2.24, 2.45) is 23.7 Å². The molecule has 0 amide bonds. The van der Waals surface area contributed by atoms with E-state index in [2.05, 4.69) is 39.9 Å². The van der Waals surface area contributed by atoms with Crippen molar-refractivity contribution in [2.75, 3.05) is 33.8 Å². The van der Waals surface area contributed by atoms with E-state index in [-0.39, 0.29) is 24.7 Å². The van der Waals surface area contributed by atoms with Gasteiger partial charge in [0.1, 0.15) is 17.9 Å². The lowest BCUT2D eigenvalue weighted by Gasteiger charge is -2.46. The number of cyclic esters (lactones) is 1. The molecule has 0 bridgehead atoms. The molecular weight excluding hydrogens is 779 g/mol. The molecule has 0 aliphatic carbocycles. The number of aliphatic hydroxyl groups is 4. The van der Waals surface area contributed by atoms with Gasteiger partial charge in [0, 0.05) is 29.9 Å². The van der Waals surface area contributed by atoms with Crippen molar-refractivity contribution < 1.29 is 44.2 Å². The van der Waals surface area contributed by atoms with Gasteiger partial charge in [0.25, 0.3) is 0 Å².